The normalized spacial score (nSPS) is 30.2. The van der Waals surface area contributed by atoms with E-state index in [1.807, 2.05) is 12.1 Å². The molecule has 18 heavy (non-hydrogen) atoms. The number of aliphatic imine (C=N–C) groups is 1. The van der Waals surface area contributed by atoms with Gasteiger partial charge in [0.1, 0.15) is 5.71 Å². The summed E-state index contributed by atoms with van der Waals surface area (Å²) in [6, 6.07) is 6.94. The highest BCUT2D eigenvalue weighted by Gasteiger charge is 2.58. The van der Waals surface area contributed by atoms with Crippen LogP contribution in [0.1, 0.15) is 18.9 Å². The molecule has 2 aliphatic heterocycles. The molecule has 0 radical (unpaired) electrons. The first-order valence-electron chi connectivity index (χ1n) is 5.94. The molecule has 96 valence electrons. The van der Waals surface area contributed by atoms with E-state index >= 15 is 0 Å². The number of hydrogen-bond acceptors (Lipinski definition) is 2. The Morgan fingerprint density at radius 2 is 2.06 bits per heavy atom. The van der Waals surface area contributed by atoms with E-state index in [-0.39, 0.29) is 12.6 Å². The van der Waals surface area contributed by atoms with Crippen LogP contribution in [0.3, 0.4) is 0 Å². The molecule has 0 amide bonds. The van der Waals surface area contributed by atoms with Crippen molar-refractivity contribution in [3.63, 3.8) is 0 Å². The number of alkyl halides is 3. The molecule has 2 nitrogen and oxygen atoms in total. The van der Waals surface area contributed by atoms with Crippen LogP contribution in [0.15, 0.2) is 29.3 Å². The van der Waals surface area contributed by atoms with Gasteiger partial charge in [0.2, 0.25) is 0 Å². The molecule has 0 saturated carbocycles. The number of anilines is 1. The third kappa shape index (κ3) is 1.33. The van der Waals surface area contributed by atoms with Crippen molar-refractivity contribution in [3.05, 3.63) is 29.8 Å². The van der Waals surface area contributed by atoms with Crippen LogP contribution < -0.4 is 5.32 Å². The molecule has 3 rings (SSSR count). The Bertz CT molecular complexity index is 521. The smallest absolute Gasteiger partial charge is 0.381 e. The molecule has 0 aliphatic carbocycles. The highest BCUT2D eigenvalue weighted by molar-refractivity contribution is 6.04. The Kier molecular flexibility index (Phi) is 2.24. The van der Waals surface area contributed by atoms with Crippen LogP contribution in [0.5, 0.6) is 0 Å². The average molecular weight is 254 g/mol. The van der Waals surface area contributed by atoms with E-state index < -0.39 is 17.3 Å². The molecule has 2 unspecified atom stereocenters. The van der Waals surface area contributed by atoms with Gasteiger partial charge in [-0.3, -0.25) is 4.99 Å². The summed E-state index contributed by atoms with van der Waals surface area (Å²) in [5.41, 5.74) is -0.107. The summed E-state index contributed by atoms with van der Waals surface area (Å²) in [7, 11) is 0. The van der Waals surface area contributed by atoms with Gasteiger partial charge in [0.05, 0.1) is 5.41 Å². The number of rotatable bonds is 0. The minimum absolute atomic E-state index is 0.245. The number of para-hydroxylation sites is 1. The molecule has 0 saturated heterocycles. The molecule has 0 fully saturated rings. The van der Waals surface area contributed by atoms with Crippen molar-refractivity contribution >= 4 is 11.4 Å². The second kappa shape index (κ2) is 3.49. The van der Waals surface area contributed by atoms with E-state index in [2.05, 4.69) is 10.3 Å². The first-order valence-corrected chi connectivity index (χ1v) is 5.94. The van der Waals surface area contributed by atoms with Crippen molar-refractivity contribution in [3.8, 4) is 0 Å². The Balaban J connectivity index is 2.19. The monoisotopic (exact) mass is 254 g/mol. The van der Waals surface area contributed by atoms with Gasteiger partial charge < -0.3 is 5.32 Å². The summed E-state index contributed by atoms with van der Waals surface area (Å²) < 4.78 is 39.5. The summed E-state index contributed by atoms with van der Waals surface area (Å²) in [4.78, 5) is 3.74. The van der Waals surface area contributed by atoms with Gasteiger partial charge in [-0.2, -0.15) is 13.2 Å². The predicted molar refractivity (Wildman–Crippen MR) is 64.2 cm³/mol. The Morgan fingerprint density at radius 3 is 2.78 bits per heavy atom. The van der Waals surface area contributed by atoms with Crippen LogP contribution in [0.2, 0.25) is 0 Å². The van der Waals surface area contributed by atoms with E-state index in [0.29, 0.717) is 6.42 Å². The number of fused-ring (bicyclic) bond motifs is 2. The highest BCUT2D eigenvalue weighted by atomic mass is 19.4. The maximum atomic E-state index is 13.2. The van der Waals surface area contributed by atoms with Gasteiger partial charge in [-0.25, -0.2) is 0 Å². The standard InChI is InChI=1S/C13H13F3N2/c1-8-12(6-7-17-11(12)13(14,15)16)9-4-2-3-5-10(9)18-8/h2-5,8,18H,6-7H2,1H3. The quantitative estimate of drug-likeness (QED) is 0.755. The van der Waals surface area contributed by atoms with Crippen LogP contribution >= 0.6 is 0 Å². The Morgan fingerprint density at radius 1 is 1.33 bits per heavy atom. The van der Waals surface area contributed by atoms with Crippen molar-refractivity contribution in [1.29, 1.82) is 0 Å². The van der Waals surface area contributed by atoms with Crippen molar-refractivity contribution in [2.24, 2.45) is 4.99 Å². The second-order valence-electron chi connectivity index (χ2n) is 4.86. The summed E-state index contributed by atoms with van der Waals surface area (Å²) in [5, 5.41) is 3.15. The molecule has 1 aromatic rings. The van der Waals surface area contributed by atoms with Crippen LogP contribution in [0.25, 0.3) is 0 Å². The molecule has 0 bridgehead atoms. The van der Waals surface area contributed by atoms with Gasteiger partial charge in [-0.05, 0) is 25.0 Å². The zero-order chi connectivity index (χ0) is 13.0. The Hall–Kier alpha value is -1.52. The summed E-state index contributed by atoms with van der Waals surface area (Å²) in [6.45, 7) is 2.04. The van der Waals surface area contributed by atoms with Crippen molar-refractivity contribution < 1.29 is 13.2 Å². The van der Waals surface area contributed by atoms with Gasteiger partial charge in [-0.15, -0.1) is 0 Å². The minimum atomic E-state index is -4.36. The third-order valence-corrected chi connectivity index (χ3v) is 3.99. The van der Waals surface area contributed by atoms with Gasteiger partial charge in [0.15, 0.2) is 0 Å². The van der Waals surface area contributed by atoms with E-state index in [1.54, 1.807) is 19.1 Å². The lowest BCUT2D eigenvalue weighted by Gasteiger charge is -2.31. The Labute approximate surface area is 103 Å². The van der Waals surface area contributed by atoms with Crippen molar-refractivity contribution in [2.75, 3.05) is 11.9 Å². The number of nitrogens with zero attached hydrogens (tertiary/aromatic N) is 1. The fourth-order valence-corrected chi connectivity index (χ4v) is 3.22. The van der Waals surface area contributed by atoms with Crippen LogP contribution in [0.4, 0.5) is 18.9 Å². The zero-order valence-electron chi connectivity index (χ0n) is 9.88. The topological polar surface area (TPSA) is 24.4 Å². The summed E-state index contributed by atoms with van der Waals surface area (Å²) in [5.74, 6) is 0. The molecule has 5 heteroatoms. The fourth-order valence-electron chi connectivity index (χ4n) is 3.22. The average Bonchev–Trinajstić information content (AvgIpc) is 2.84. The highest BCUT2D eigenvalue weighted by Crippen LogP contribution is 2.50. The van der Waals surface area contributed by atoms with E-state index in [9.17, 15) is 13.2 Å². The molecule has 2 atom stereocenters. The number of nitrogens with one attached hydrogen (secondary N) is 1. The molecule has 2 aliphatic rings. The van der Waals surface area contributed by atoms with Gasteiger partial charge >= 0.3 is 6.18 Å². The van der Waals surface area contributed by atoms with Crippen LogP contribution in [-0.2, 0) is 5.41 Å². The second-order valence-corrected chi connectivity index (χ2v) is 4.86. The fraction of sp³-hybridized carbons (Fsp3) is 0.462. The SMILES string of the molecule is CC1Nc2ccccc2C12CCN=C2C(F)(F)F. The molecule has 2 heterocycles. The number of hydrogen-bond donors (Lipinski definition) is 1. The zero-order valence-corrected chi connectivity index (χ0v) is 9.88. The van der Waals surface area contributed by atoms with Crippen molar-refractivity contribution in [1.82, 2.24) is 0 Å². The molecule has 1 N–H and O–H groups in total. The van der Waals surface area contributed by atoms with Gasteiger partial charge in [0.25, 0.3) is 0 Å². The largest absolute Gasteiger partial charge is 0.430 e. The molecular formula is C13H13F3N2. The number of halogens is 3. The van der Waals surface area contributed by atoms with E-state index in [1.165, 1.54) is 0 Å². The molecule has 0 aromatic heterocycles. The maximum absolute atomic E-state index is 13.2. The van der Waals surface area contributed by atoms with Crippen molar-refractivity contribution in [2.45, 2.75) is 31.0 Å². The van der Waals surface area contributed by atoms with Gasteiger partial charge in [-0.1, -0.05) is 18.2 Å². The number of benzene rings is 1. The minimum Gasteiger partial charge on any atom is -0.381 e. The lowest BCUT2D eigenvalue weighted by molar-refractivity contribution is -0.0634. The lowest BCUT2D eigenvalue weighted by Crippen LogP contribution is -2.48. The molecule has 1 aromatic carbocycles. The molecule has 1 spiro atoms. The first kappa shape index (κ1) is 11.6. The maximum Gasteiger partial charge on any atom is 0.430 e. The third-order valence-electron chi connectivity index (χ3n) is 3.99. The van der Waals surface area contributed by atoms with Crippen LogP contribution in [0, 0.1) is 0 Å². The molecular weight excluding hydrogens is 241 g/mol. The summed E-state index contributed by atoms with van der Waals surface area (Å²) in [6.07, 6.45) is -3.93. The van der Waals surface area contributed by atoms with E-state index in [4.69, 9.17) is 0 Å². The predicted octanol–water partition coefficient (Wildman–Crippen LogP) is 3.15. The van der Waals surface area contributed by atoms with Gasteiger partial charge in [0, 0.05) is 18.3 Å². The van der Waals surface area contributed by atoms with E-state index in [0.717, 1.165) is 11.3 Å². The lowest BCUT2D eigenvalue weighted by atomic mass is 9.72. The first-order chi connectivity index (χ1) is 8.46. The van der Waals surface area contributed by atoms with Crippen LogP contribution in [-0.4, -0.2) is 24.5 Å². The summed E-state index contributed by atoms with van der Waals surface area (Å²) >= 11 is 0.